The molecule has 0 aromatic heterocycles. The third-order valence-electron chi connectivity index (χ3n) is 5.50. The summed E-state index contributed by atoms with van der Waals surface area (Å²) in [6, 6.07) is 15.3. The summed E-state index contributed by atoms with van der Waals surface area (Å²) < 4.78 is 61.2. The molecule has 0 aliphatic carbocycles. The van der Waals surface area contributed by atoms with Gasteiger partial charge in [-0.15, -0.1) is 0 Å². The van der Waals surface area contributed by atoms with E-state index in [4.69, 9.17) is 27.9 Å². The molecule has 0 spiro atoms. The Morgan fingerprint density at radius 3 is 2.41 bits per heavy atom. The lowest BCUT2D eigenvalue weighted by atomic mass is 10.00. The maximum absolute atomic E-state index is 13.1. The lowest BCUT2D eigenvalue weighted by Crippen LogP contribution is -2.38. The van der Waals surface area contributed by atoms with E-state index in [-0.39, 0.29) is 18.3 Å². The van der Waals surface area contributed by atoms with Crippen molar-refractivity contribution in [3.8, 4) is 28.7 Å². The van der Waals surface area contributed by atoms with Crippen LogP contribution in [-0.2, 0) is 14.3 Å². The van der Waals surface area contributed by atoms with Gasteiger partial charge in [0.25, 0.3) is 10.1 Å². The van der Waals surface area contributed by atoms with Crippen LogP contribution in [0.2, 0.25) is 0 Å². The van der Waals surface area contributed by atoms with Crippen molar-refractivity contribution in [2.45, 2.75) is 24.0 Å². The lowest BCUT2D eigenvalue weighted by Gasteiger charge is -2.33. The van der Waals surface area contributed by atoms with Gasteiger partial charge >= 0.3 is 0 Å². The second kappa shape index (κ2) is 9.16. The largest absolute Gasteiger partial charge is 0.497 e. The van der Waals surface area contributed by atoms with Gasteiger partial charge in [-0.05, 0) is 59.8 Å². The van der Waals surface area contributed by atoms with Crippen molar-refractivity contribution in [2.75, 3.05) is 20.5 Å². The fraction of sp³-hybridized carbons (Fsp3) is 0.250. The summed E-state index contributed by atoms with van der Waals surface area (Å²) in [6.45, 7) is 1.94. The summed E-state index contributed by atoms with van der Waals surface area (Å²) in [5.41, 5.74) is 1.54. The Bertz CT molecular complexity index is 1320. The Morgan fingerprint density at radius 2 is 1.68 bits per heavy atom. The second-order valence-corrected chi connectivity index (χ2v) is 10.5. The third kappa shape index (κ3) is 4.49. The fourth-order valence-corrected chi connectivity index (χ4v) is 5.25. The van der Waals surface area contributed by atoms with Gasteiger partial charge in [0, 0.05) is 17.7 Å². The van der Waals surface area contributed by atoms with Gasteiger partial charge in [0.15, 0.2) is 23.7 Å². The maximum Gasteiger partial charge on any atom is 0.297 e. The molecular weight excluding hydrogens is 575 g/mol. The molecule has 2 aliphatic heterocycles. The maximum atomic E-state index is 13.1. The van der Waals surface area contributed by atoms with Crippen LogP contribution in [0.1, 0.15) is 17.2 Å². The Labute approximate surface area is 211 Å². The van der Waals surface area contributed by atoms with Crippen LogP contribution >= 0.6 is 22.6 Å². The van der Waals surface area contributed by atoms with Crippen molar-refractivity contribution in [3.05, 3.63) is 69.3 Å². The SMILES string of the molecule is COc1ccc(I)c(O[C@H]2c3cc4c(cc3OC[C@@H]2OS(=O)(=O)c2ccc(C)cc2)OCO4)c1. The number of methoxy groups -OCH3 is 1. The molecule has 10 heteroatoms. The van der Waals surface area contributed by atoms with E-state index in [1.807, 2.05) is 19.1 Å². The van der Waals surface area contributed by atoms with E-state index >= 15 is 0 Å². The smallest absolute Gasteiger partial charge is 0.297 e. The molecule has 0 saturated heterocycles. The standard InChI is InChI=1S/C24H21IO8S/c1-14-3-6-16(7-4-14)34(26,27)33-23-12-29-19-11-22-21(30-13-31-22)10-17(19)24(23)32-20-9-15(28-2)5-8-18(20)25/h3-11,23-24H,12-13H2,1-2H3/t23-,24-/m0/s1. The molecule has 0 saturated carbocycles. The summed E-state index contributed by atoms with van der Waals surface area (Å²) in [7, 11) is -2.52. The van der Waals surface area contributed by atoms with Gasteiger partial charge in [0.1, 0.15) is 23.9 Å². The van der Waals surface area contributed by atoms with Crippen molar-refractivity contribution in [3.63, 3.8) is 0 Å². The highest BCUT2D eigenvalue weighted by molar-refractivity contribution is 14.1. The first-order valence-electron chi connectivity index (χ1n) is 10.4. The summed E-state index contributed by atoms with van der Waals surface area (Å²) in [5.74, 6) is 2.73. The summed E-state index contributed by atoms with van der Waals surface area (Å²) in [5, 5.41) is 0. The summed E-state index contributed by atoms with van der Waals surface area (Å²) in [6.07, 6.45) is -1.76. The van der Waals surface area contributed by atoms with E-state index in [0.717, 1.165) is 9.13 Å². The normalized spacial score (nSPS) is 18.7. The quantitative estimate of drug-likeness (QED) is 0.301. The van der Waals surface area contributed by atoms with Crippen LogP contribution in [0.4, 0.5) is 0 Å². The fourth-order valence-electron chi connectivity index (χ4n) is 3.72. The van der Waals surface area contributed by atoms with Gasteiger partial charge in [-0.2, -0.15) is 8.42 Å². The highest BCUT2D eigenvalue weighted by atomic mass is 127. The molecule has 5 rings (SSSR count). The molecule has 0 radical (unpaired) electrons. The van der Waals surface area contributed by atoms with Gasteiger partial charge in [0.2, 0.25) is 6.79 Å². The Hall–Kier alpha value is -2.70. The van der Waals surface area contributed by atoms with E-state index < -0.39 is 22.3 Å². The van der Waals surface area contributed by atoms with Gasteiger partial charge < -0.3 is 23.7 Å². The minimum atomic E-state index is -4.08. The molecule has 0 unspecified atom stereocenters. The van der Waals surface area contributed by atoms with Crippen molar-refractivity contribution in [1.82, 2.24) is 0 Å². The number of hydrogen-bond acceptors (Lipinski definition) is 8. The number of benzene rings is 3. The van der Waals surface area contributed by atoms with E-state index in [9.17, 15) is 8.42 Å². The zero-order valence-corrected chi connectivity index (χ0v) is 21.3. The summed E-state index contributed by atoms with van der Waals surface area (Å²) >= 11 is 2.15. The third-order valence-corrected chi connectivity index (χ3v) is 7.75. The van der Waals surface area contributed by atoms with Crippen LogP contribution in [0.3, 0.4) is 0 Å². The molecule has 0 fully saturated rings. The topological polar surface area (TPSA) is 89.5 Å². The van der Waals surface area contributed by atoms with Crippen molar-refractivity contribution < 1.29 is 36.3 Å². The van der Waals surface area contributed by atoms with E-state index in [1.54, 1.807) is 37.4 Å². The van der Waals surface area contributed by atoms with Gasteiger partial charge in [-0.3, -0.25) is 4.18 Å². The monoisotopic (exact) mass is 596 g/mol. The first kappa shape index (κ1) is 23.1. The Kier molecular flexibility index (Phi) is 6.21. The van der Waals surface area contributed by atoms with Crippen molar-refractivity contribution in [1.29, 1.82) is 0 Å². The van der Waals surface area contributed by atoms with E-state index in [2.05, 4.69) is 22.6 Å². The number of aryl methyl sites for hydroxylation is 1. The van der Waals surface area contributed by atoms with Crippen LogP contribution in [0.25, 0.3) is 0 Å². The summed E-state index contributed by atoms with van der Waals surface area (Å²) in [4.78, 5) is 0.0595. The minimum absolute atomic E-state index is 0.0387. The molecule has 0 amide bonds. The highest BCUT2D eigenvalue weighted by Crippen LogP contribution is 2.46. The van der Waals surface area contributed by atoms with Gasteiger partial charge in [0.05, 0.1) is 15.6 Å². The molecule has 2 aliphatic rings. The van der Waals surface area contributed by atoms with Crippen LogP contribution in [-0.4, -0.2) is 35.0 Å². The molecule has 8 nitrogen and oxygen atoms in total. The predicted molar refractivity (Wildman–Crippen MR) is 130 cm³/mol. The zero-order chi connectivity index (χ0) is 23.9. The molecule has 3 aromatic carbocycles. The first-order chi connectivity index (χ1) is 16.3. The molecule has 178 valence electrons. The second-order valence-electron chi connectivity index (χ2n) is 7.79. The number of hydrogen-bond donors (Lipinski definition) is 0. The molecule has 0 bridgehead atoms. The average molecular weight is 596 g/mol. The molecular formula is C24H21IO8S. The number of ether oxygens (including phenoxy) is 5. The van der Waals surface area contributed by atoms with Crippen LogP contribution in [0, 0.1) is 10.5 Å². The van der Waals surface area contributed by atoms with Gasteiger partial charge in [-0.25, -0.2) is 0 Å². The van der Waals surface area contributed by atoms with E-state index in [1.165, 1.54) is 12.1 Å². The molecule has 2 heterocycles. The van der Waals surface area contributed by atoms with Crippen molar-refractivity contribution in [2.24, 2.45) is 0 Å². The van der Waals surface area contributed by atoms with Crippen LogP contribution in [0.15, 0.2) is 59.5 Å². The van der Waals surface area contributed by atoms with E-state index in [0.29, 0.717) is 34.3 Å². The van der Waals surface area contributed by atoms with Crippen LogP contribution < -0.4 is 23.7 Å². The Morgan fingerprint density at radius 1 is 0.941 bits per heavy atom. The lowest BCUT2D eigenvalue weighted by molar-refractivity contribution is 0.00692. The zero-order valence-electron chi connectivity index (χ0n) is 18.3. The molecule has 2 atom stereocenters. The van der Waals surface area contributed by atoms with Gasteiger partial charge in [-0.1, -0.05) is 17.7 Å². The predicted octanol–water partition coefficient (Wildman–Crippen LogP) is 4.62. The average Bonchev–Trinajstić information content (AvgIpc) is 3.28. The molecule has 34 heavy (non-hydrogen) atoms. The number of halogens is 1. The Balaban J connectivity index is 1.53. The van der Waals surface area contributed by atoms with Crippen molar-refractivity contribution >= 4 is 32.7 Å². The number of fused-ring (bicyclic) bond motifs is 2. The first-order valence-corrected chi connectivity index (χ1v) is 12.9. The highest BCUT2D eigenvalue weighted by Gasteiger charge is 2.39. The van der Waals surface area contributed by atoms with Crippen LogP contribution in [0.5, 0.6) is 28.7 Å². The minimum Gasteiger partial charge on any atom is -0.497 e. The molecule has 3 aromatic rings. The number of rotatable bonds is 6. The molecule has 0 N–H and O–H groups in total.